The number of hydrogen-bond acceptors (Lipinski definition) is 2. The number of nitrogens with one attached hydrogen (secondary N) is 1. The van der Waals surface area contributed by atoms with Crippen molar-refractivity contribution in [1.29, 1.82) is 0 Å². The summed E-state index contributed by atoms with van der Waals surface area (Å²) >= 11 is 0. The number of benzene rings is 1. The molecule has 0 bridgehead atoms. The van der Waals surface area contributed by atoms with Crippen LogP contribution in [0.5, 0.6) is 0 Å². The van der Waals surface area contributed by atoms with Crippen LogP contribution in [0.15, 0.2) is 24.3 Å². The van der Waals surface area contributed by atoms with E-state index in [4.69, 9.17) is 0 Å². The number of rotatable bonds is 5. The largest absolute Gasteiger partial charge is 0.307 e. The van der Waals surface area contributed by atoms with Crippen molar-refractivity contribution in [2.75, 3.05) is 0 Å². The summed E-state index contributed by atoms with van der Waals surface area (Å²) in [7, 11) is 1.88. The van der Waals surface area contributed by atoms with E-state index in [2.05, 4.69) is 24.3 Å². The molecule has 0 radical (unpaired) electrons. The second-order valence-electron chi connectivity index (χ2n) is 5.18. The van der Waals surface area contributed by atoms with E-state index in [1.807, 2.05) is 17.8 Å². The fourth-order valence-electron chi connectivity index (χ4n) is 1.98. The molecule has 1 aromatic carbocycles. The van der Waals surface area contributed by atoms with E-state index in [1.165, 1.54) is 6.07 Å². The van der Waals surface area contributed by atoms with E-state index in [0.717, 1.165) is 23.5 Å². The van der Waals surface area contributed by atoms with Crippen molar-refractivity contribution in [1.82, 2.24) is 15.1 Å². The molecule has 116 valence electrons. The van der Waals surface area contributed by atoms with E-state index in [1.54, 1.807) is 0 Å². The van der Waals surface area contributed by atoms with E-state index in [0.29, 0.717) is 18.0 Å². The molecule has 1 aromatic heterocycles. The number of aromatic nitrogens is 2. The fourth-order valence-corrected chi connectivity index (χ4v) is 1.98. The first kappa shape index (κ1) is 17.6. The minimum Gasteiger partial charge on any atom is -0.307 e. The fraction of sp³-hybridized carbons (Fsp3) is 0.400. The smallest absolute Gasteiger partial charge is 0.127 e. The molecule has 0 spiro atoms. The lowest BCUT2D eigenvalue weighted by atomic mass is 10.1. The Hall–Kier alpha value is -1.46. The second-order valence-corrected chi connectivity index (χ2v) is 5.18. The maximum atomic E-state index is 13.5. The Morgan fingerprint density at radius 1 is 1.19 bits per heavy atom. The van der Waals surface area contributed by atoms with Crippen LogP contribution in [0.3, 0.4) is 0 Å². The van der Waals surface area contributed by atoms with Gasteiger partial charge in [-0.05, 0) is 30.2 Å². The van der Waals surface area contributed by atoms with Crippen molar-refractivity contribution in [3.05, 3.63) is 52.9 Å². The van der Waals surface area contributed by atoms with Gasteiger partial charge in [0.2, 0.25) is 0 Å². The predicted molar refractivity (Wildman–Crippen MR) is 81.4 cm³/mol. The molecule has 6 heteroatoms. The zero-order valence-corrected chi connectivity index (χ0v) is 13.2. The number of nitrogens with zero attached hydrogens (tertiary/aromatic N) is 2. The first-order valence-corrected chi connectivity index (χ1v) is 6.65. The van der Waals surface area contributed by atoms with Gasteiger partial charge < -0.3 is 5.32 Å². The van der Waals surface area contributed by atoms with Crippen LogP contribution in [-0.4, -0.2) is 9.78 Å². The summed E-state index contributed by atoms with van der Waals surface area (Å²) in [5.41, 5.74) is 2.38. The molecule has 0 amide bonds. The maximum Gasteiger partial charge on any atom is 0.127 e. The molecule has 1 heterocycles. The molecule has 0 unspecified atom stereocenters. The molecule has 2 aromatic rings. The molecule has 0 aliphatic heterocycles. The summed E-state index contributed by atoms with van der Waals surface area (Å²) in [6.45, 7) is 5.02. The standard InChI is InChI=1S/C15H19F2N3.ClH/c1-10(2)15-7-13(20(3)19-15)9-18-8-11-6-12(16)4-5-14(11)17;/h4-7,10,18H,8-9H2,1-3H3;1H. The van der Waals surface area contributed by atoms with Gasteiger partial charge in [0.05, 0.1) is 11.4 Å². The highest BCUT2D eigenvalue weighted by Crippen LogP contribution is 2.14. The molecule has 0 saturated carbocycles. The SMILES string of the molecule is CC(C)c1cc(CNCc2cc(F)ccc2F)n(C)n1.Cl. The Morgan fingerprint density at radius 3 is 2.52 bits per heavy atom. The lowest BCUT2D eigenvalue weighted by Gasteiger charge is -2.06. The molecule has 0 aliphatic rings. The Balaban J connectivity index is 0.00000220. The van der Waals surface area contributed by atoms with Gasteiger partial charge in [0.1, 0.15) is 11.6 Å². The quantitative estimate of drug-likeness (QED) is 0.914. The van der Waals surface area contributed by atoms with Crippen LogP contribution in [0.4, 0.5) is 8.78 Å². The molecule has 2 rings (SSSR count). The van der Waals surface area contributed by atoms with Gasteiger partial charge in [-0.15, -0.1) is 12.4 Å². The third kappa shape index (κ3) is 4.51. The first-order valence-electron chi connectivity index (χ1n) is 6.65. The van der Waals surface area contributed by atoms with E-state index in [-0.39, 0.29) is 19.0 Å². The maximum absolute atomic E-state index is 13.5. The Bertz CT molecular complexity index is 597. The Kier molecular flexibility index (Phi) is 6.30. The van der Waals surface area contributed by atoms with Crippen molar-refractivity contribution < 1.29 is 8.78 Å². The molecule has 1 N–H and O–H groups in total. The molecule has 0 atom stereocenters. The average Bonchev–Trinajstić information content (AvgIpc) is 2.76. The van der Waals surface area contributed by atoms with E-state index in [9.17, 15) is 8.78 Å². The van der Waals surface area contributed by atoms with Gasteiger partial charge in [-0.2, -0.15) is 5.10 Å². The van der Waals surface area contributed by atoms with Gasteiger partial charge in [0.15, 0.2) is 0 Å². The van der Waals surface area contributed by atoms with Crippen LogP contribution in [-0.2, 0) is 20.1 Å². The van der Waals surface area contributed by atoms with Crippen LogP contribution in [0.1, 0.15) is 36.7 Å². The monoisotopic (exact) mass is 315 g/mol. The minimum atomic E-state index is -0.425. The third-order valence-corrected chi connectivity index (χ3v) is 3.22. The van der Waals surface area contributed by atoms with Gasteiger partial charge in [-0.1, -0.05) is 13.8 Å². The highest BCUT2D eigenvalue weighted by molar-refractivity contribution is 5.85. The molecule has 0 aliphatic carbocycles. The topological polar surface area (TPSA) is 29.9 Å². The van der Waals surface area contributed by atoms with Crippen molar-refractivity contribution in [2.24, 2.45) is 7.05 Å². The zero-order chi connectivity index (χ0) is 14.7. The van der Waals surface area contributed by atoms with Crippen LogP contribution >= 0.6 is 12.4 Å². The van der Waals surface area contributed by atoms with Gasteiger partial charge in [-0.3, -0.25) is 4.68 Å². The van der Waals surface area contributed by atoms with Crippen molar-refractivity contribution >= 4 is 12.4 Å². The lowest BCUT2D eigenvalue weighted by molar-refractivity contribution is 0.561. The van der Waals surface area contributed by atoms with Crippen molar-refractivity contribution in [2.45, 2.75) is 32.9 Å². The number of halogens is 3. The molecular formula is C15H20ClF2N3. The number of aryl methyl sites for hydroxylation is 1. The summed E-state index contributed by atoms with van der Waals surface area (Å²) in [4.78, 5) is 0. The van der Waals surface area contributed by atoms with Crippen LogP contribution in [0, 0.1) is 11.6 Å². The van der Waals surface area contributed by atoms with E-state index < -0.39 is 11.6 Å². The normalized spacial score (nSPS) is 10.8. The lowest BCUT2D eigenvalue weighted by Crippen LogP contribution is -2.16. The van der Waals surface area contributed by atoms with Crippen LogP contribution in [0.25, 0.3) is 0 Å². The van der Waals surface area contributed by atoms with Gasteiger partial charge >= 0.3 is 0 Å². The van der Waals surface area contributed by atoms with Crippen LogP contribution < -0.4 is 5.32 Å². The highest BCUT2D eigenvalue weighted by atomic mass is 35.5. The molecule has 0 saturated heterocycles. The summed E-state index contributed by atoms with van der Waals surface area (Å²) < 4.78 is 28.3. The molecular weight excluding hydrogens is 296 g/mol. The zero-order valence-electron chi connectivity index (χ0n) is 12.4. The van der Waals surface area contributed by atoms with Crippen molar-refractivity contribution in [3.63, 3.8) is 0 Å². The Labute approximate surface area is 129 Å². The van der Waals surface area contributed by atoms with E-state index >= 15 is 0 Å². The van der Waals surface area contributed by atoms with Gasteiger partial charge in [0.25, 0.3) is 0 Å². The number of hydrogen-bond donors (Lipinski definition) is 1. The molecule has 0 fully saturated rings. The summed E-state index contributed by atoms with van der Waals surface area (Å²) in [5.74, 6) is -0.451. The summed E-state index contributed by atoms with van der Waals surface area (Å²) in [6, 6.07) is 5.51. The highest BCUT2D eigenvalue weighted by Gasteiger charge is 2.08. The summed E-state index contributed by atoms with van der Waals surface area (Å²) in [5, 5.41) is 7.52. The van der Waals surface area contributed by atoms with Gasteiger partial charge in [0, 0.05) is 25.7 Å². The Morgan fingerprint density at radius 2 is 1.90 bits per heavy atom. The summed E-state index contributed by atoms with van der Waals surface area (Å²) in [6.07, 6.45) is 0. The minimum absolute atomic E-state index is 0. The van der Waals surface area contributed by atoms with Crippen LogP contribution in [0.2, 0.25) is 0 Å². The predicted octanol–water partition coefficient (Wildman–Crippen LogP) is 3.53. The second kappa shape index (κ2) is 7.52. The van der Waals surface area contributed by atoms with Crippen molar-refractivity contribution in [3.8, 4) is 0 Å². The first-order chi connectivity index (χ1) is 9.47. The average molecular weight is 316 g/mol. The molecule has 21 heavy (non-hydrogen) atoms. The van der Waals surface area contributed by atoms with Gasteiger partial charge in [-0.25, -0.2) is 8.78 Å². The molecule has 3 nitrogen and oxygen atoms in total. The third-order valence-electron chi connectivity index (χ3n) is 3.22.